The van der Waals surface area contributed by atoms with E-state index in [4.69, 9.17) is 5.26 Å². The van der Waals surface area contributed by atoms with Crippen LogP contribution in [-0.2, 0) is 11.0 Å². The van der Waals surface area contributed by atoms with E-state index >= 15 is 0 Å². The van der Waals surface area contributed by atoms with Crippen LogP contribution in [0.3, 0.4) is 0 Å². The van der Waals surface area contributed by atoms with E-state index < -0.39 is 21.5 Å². The van der Waals surface area contributed by atoms with Crippen LogP contribution >= 0.6 is 0 Å². The van der Waals surface area contributed by atoms with Gasteiger partial charge in [0.15, 0.2) is 0 Å². The Balaban J connectivity index is 2.97. The van der Waals surface area contributed by atoms with Gasteiger partial charge >= 0.3 is 0 Å². The van der Waals surface area contributed by atoms with Crippen LogP contribution < -0.4 is 0 Å². The van der Waals surface area contributed by atoms with Crippen LogP contribution in [-0.4, -0.2) is 15.2 Å². The first-order valence-electron chi connectivity index (χ1n) is 4.99. The van der Waals surface area contributed by atoms with Gasteiger partial charge in [-0.3, -0.25) is 0 Å². The molecule has 0 N–H and O–H groups in total. The Hall–Kier alpha value is -1.54. The summed E-state index contributed by atoms with van der Waals surface area (Å²) in [5.74, 6) is -0.507. The van der Waals surface area contributed by atoms with Crippen LogP contribution in [0.15, 0.2) is 22.6 Å². The zero-order valence-electron chi connectivity index (χ0n) is 9.90. The minimum atomic E-state index is -1.39. The van der Waals surface area contributed by atoms with E-state index in [1.165, 1.54) is 18.3 Å². The lowest BCUT2D eigenvalue weighted by atomic mass is 10.1. The third-order valence-electron chi connectivity index (χ3n) is 1.87. The van der Waals surface area contributed by atoms with Gasteiger partial charge in [-0.15, -0.1) is 0 Å². The van der Waals surface area contributed by atoms with Gasteiger partial charge in [-0.2, -0.15) is 9.66 Å². The van der Waals surface area contributed by atoms with Crippen molar-refractivity contribution in [3.05, 3.63) is 35.1 Å². The summed E-state index contributed by atoms with van der Waals surface area (Å²) in [5.41, 5.74) is 0.646. The van der Waals surface area contributed by atoms with E-state index in [-0.39, 0.29) is 5.56 Å². The van der Waals surface area contributed by atoms with E-state index in [2.05, 4.69) is 4.40 Å². The highest BCUT2D eigenvalue weighted by Gasteiger charge is 2.18. The number of benzene rings is 1. The first kappa shape index (κ1) is 13.5. The molecule has 1 rings (SSSR count). The van der Waals surface area contributed by atoms with Gasteiger partial charge in [-0.25, -0.2) is 8.60 Å². The molecule has 1 aromatic rings. The molecule has 0 amide bonds. The lowest BCUT2D eigenvalue weighted by Crippen LogP contribution is -2.19. The molecule has 0 fully saturated rings. The maximum atomic E-state index is 13.1. The topological polar surface area (TPSA) is 53.2 Å². The summed E-state index contributed by atoms with van der Waals surface area (Å²) in [6.07, 6.45) is 1.32. The molecule has 17 heavy (non-hydrogen) atoms. The van der Waals surface area contributed by atoms with Crippen LogP contribution in [0.5, 0.6) is 0 Å². The molecule has 1 atom stereocenters. The van der Waals surface area contributed by atoms with Crippen molar-refractivity contribution in [2.45, 2.75) is 25.5 Å². The maximum Gasteiger partial charge on any atom is 0.144 e. The van der Waals surface area contributed by atoms with Crippen molar-refractivity contribution >= 4 is 17.2 Å². The predicted octanol–water partition coefficient (Wildman–Crippen LogP) is 2.58. The predicted molar refractivity (Wildman–Crippen MR) is 66.6 cm³/mol. The van der Waals surface area contributed by atoms with Crippen LogP contribution in [0.2, 0.25) is 0 Å². The molecule has 0 radical (unpaired) electrons. The highest BCUT2D eigenvalue weighted by Crippen LogP contribution is 2.13. The highest BCUT2D eigenvalue weighted by molar-refractivity contribution is 7.85. The Labute approximate surface area is 103 Å². The summed E-state index contributed by atoms with van der Waals surface area (Å²) >= 11 is 0. The molecule has 0 spiro atoms. The molecule has 0 aliphatic rings. The number of nitriles is 1. The fourth-order valence-electron chi connectivity index (χ4n) is 1.02. The first-order valence-corrected chi connectivity index (χ1v) is 6.10. The summed E-state index contributed by atoms with van der Waals surface area (Å²) in [6.45, 7) is 5.40. The number of hydrogen-bond donors (Lipinski definition) is 0. The van der Waals surface area contributed by atoms with Crippen molar-refractivity contribution in [2.24, 2.45) is 4.40 Å². The van der Waals surface area contributed by atoms with Gasteiger partial charge in [-0.1, -0.05) is 0 Å². The third kappa shape index (κ3) is 4.08. The zero-order chi connectivity index (χ0) is 13.1. The number of hydrogen-bond acceptors (Lipinski definition) is 2. The van der Waals surface area contributed by atoms with Crippen LogP contribution in [0.25, 0.3) is 0 Å². The number of nitrogens with zero attached hydrogens (tertiary/aromatic N) is 2. The van der Waals surface area contributed by atoms with E-state index in [9.17, 15) is 8.60 Å². The summed E-state index contributed by atoms with van der Waals surface area (Å²) in [5, 5.41) is 8.67. The fraction of sp³-hybridized carbons (Fsp3) is 0.333. The molecule has 0 aromatic heterocycles. The molecular formula is C12H13FN2OS. The standard InChI is InChI=1S/C12H13FN2OS/c1-12(2,3)17(16)15-8-10-4-9(7-14)5-11(13)6-10/h4-6,8H,1-3H3/b15-8+. The second-order valence-corrected chi connectivity index (χ2v) is 6.41. The molecule has 5 heteroatoms. The van der Waals surface area contributed by atoms with Crippen molar-refractivity contribution in [1.29, 1.82) is 5.26 Å². The molecule has 0 saturated heterocycles. The summed E-state index contributed by atoms with van der Waals surface area (Å²) in [4.78, 5) is 0. The number of halogens is 1. The van der Waals surface area contributed by atoms with Crippen molar-refractivity contribution in [3.63, 3.8) is 0 Å². The fourth-order valence-corrected chi connectivity index (χ4v) is 1.55. The van der Waals surface area contributed by atoms with E-state index in [0.717, 1.165) is 6.07 Å². The first-order chi connectivity index (χ1) is 7.82. The van der Waals surface area contributed by atoms with Crippen molar-refractivity contribution in [1.82, 2.24) is 0 Å². The molecule has 3 nitrogen and oxygen atoms in total. The minimum Gasteiger partial charge on any atom is -0.234 e. The molecular weight excluding hydrogens is 239 g/mol. The van der Waals surface area contributed by atoms with Crippen molar-refractivity contribution < 1.29 is 8.60 Å². The zero-order valence-corrected chi connectivity index (χ0v) is 10.7. The van der Waals surface area contributed by atoms with Crippen LogP contribution in [0.1, 0.15) is 31.9 Å². The quantitative estimate of drug-likeness (QED) is 0.760. The van der Waals surface area contributed by atoms with Crippen molar-refractivity contribution in [2.75, 3.05) is 0 Å². The lowest BCUT2D eigenvalue weighted by Gasteiger charge is -2.12. The molecule has 0 aliphatic heterocycles. The molecule has 0 saturated carbocycles. The largest absolute Gasteiger partial charge is 0.234 e. The molecule has 0 aliphatic carbocycles. The van der Waals surface area contributed by atoms with Crippen LogP contribution in [0.4, 0.5) is 4.39 Å². The van der Waals surface area contributed by atoms with Gasteiger partial charge in [0.2, 0.25) is 0 Å². The monoisotopic (exact) mass is 252 g/mol. The molecule has 1 aromatic carbocycles. The lowest BCUT2D eigenvalue weighted by molar-refractivity contribution is 0.627. The summed E-state index contributed by atoms with van der Waals surface area (Å²) in [6, 6.07) is 5.72. The average Bonchev–Trinajstić information content (AvgIpc) is 2.23. The minimum absolute atomic E-state index is 0.216. The average molecular weight is 252 g/mol. The second kappa shape index (κ2) is 5.19. The van der Waals surface area contributed by atoms with Gasteiger partial charge in [0.25, 0.3) is 0 Å². The Morgan fingerprint density at radius 1 is 1.41 bits per heavy atom. The second-order valence-electron chi connectivity index (χ2n) is 4.48. The Kier molecular flexibility index (Phi) is 4.13. The van der Waals surface area contributed by atoms with Gasteiger partial charge < -0.3 is 0 Å². The molecule has 90 valence electrons. The normalized spacial score (nSPS) is 13.6. The Bertz CT molecular complexity index is 512. The molecule has 0 bridgehead atoms. The van der Waals surface area contributed by atoms with E-state index in [0.29, 0.717) is 5.56 Å². The Morgan fingerprint density at radius 3 is 2.59 bits per heavy atom. The van der Waals surface area contributed by atoms with Gasteiger partial charge in [-0.05, 0) is 44.5 Å². The van der Waals surface area contributed by atoms with Gasteiger partial charge in [0.05, 0.1) is 16.4 Å². The Morgan fingerprint density at radius 2 is 2.06 bits per heavy atom. The summed E-state index contributed by atoms with van der Waals surface area (Å²) < 4.78 is 28.1. The highest BCUT2D eigenvalue weighted by atomic mass is 32.2. The van der Waals surface area contributed by atoms with E-state index in [1.54, 1.807) is 20.8 Å². The van der Waals surface area contributed by atoms with E-state index in [1.807, 2.05) is 6.07 Å². The van der Waals surface area contributed by atoms with Gasteiger partial charge in [0.1, 0.15) is 16.8 Å². The van der Waals surface area contributed by atoms with Crippen LogP contribution in [0, 0.1) is 17.1 Å². The smallest absolute Gasteiger partial charge is 0.144 e. The summed E-state index contributed by atoms with van der Waals surface area (Å²) in [7, 11) is -1.39. The SMILES string of the molecule is CC(C)(C)S(=O)/N=C/c1cc(F)cc(C#N)c1. The van der Waals surface area contributed by atoms with Crippen molar-refractivity contribution in [3.8, 4) is 6.07 Å². The maximum absolute atomic E-state index is 13.1. The third-order valence-corrected chi connectivity index (χ3v) is 3.22. The molecule has 1 unspecified atom stereocenters. The van der Waals surface area contributed by atoms with Gasteiger partial charge in [0, 0.05) is 6.21 Å². The number of rotatable bonds is 2. The molecule has 0 heterocycles.